The summed E-state index contributed by atoms with van der Waals surface area (Å²) in [5.41, 5.74) is 1.90. The molecule has 0 N–H and O–H groups in total. The summed E-state index contributed by atoms with van der Waals surface area (Å²) in [5, 5.41) is 4.64. The molecule has 0 aliphatic rings. The third-order valence-electron chi connectivity index (χ3n) is 3.69. The lowest BCUT2D eigenvalue weighted by atomic mass is 10.1. The first-order valence-corrected chi connectivity index (χ1v) is 10.5. The van der Waals surface area contributed by atoms with Crippen molar-refractivity contribution in [2.45, 2.75) is 26.4 Å². The van der Waals surface area contributed by atoms with Crippen molar-refractivity contribution in [1.29, 1.82) is 0 Å². The van der Waals surface area contributed by atoms with Crippen LogP contribution in [0.5, 0.6) is 11.5 Å². The molecule has 0 bridgehead atoms. The number of nitrogens with zero attached hydrogens (tertiary/aromatic N) is 1. The topological polar surface area (TPSA) is 40.0 Å². The van der Waals surface area contributed by atoms with Gasteiger partial charge in [0.1, 0.15) is 30.1 Å². The summed E-state index contributed by atoms with van der Waals surface area (Å²) in [7, 11) is 0. The molecule has 2 rings (SSSR count). The number of benzene rings is 2. The molecule has 8 heteroatoms. The number of hydrogen-bond acceptors (Lipinski definition) is 4. The van der Waals surface area contributed by atoms with Gasteiger partial charge >= 0.3 is 0 Å². The van der Waals surface area contributed by atoms with Crippen LogP contribution in [0.15, 0.2) is 52.1 Å². The van der Waals surface area contributed by atoms with Gasteiger partial charge in [0, 0.05) is 12.1 Å². The van der Waals surface area contributed by atoms with E-state index in [4.69, 9.17) is 60.7 Å². The first kappa shape index (κ1) is 23.7. The van der Waals surface area contributed by atoms with E-state index in [1.807, 2.05) is 24.3 Å². The van der Waals surface area contributed by atoms with Gasteiger partial charge < -0.3 is 14.3 Å². The molecule has 4 nitrogen and oxygen atoms in total. The normalized spacial score (nSPS) is 10.8. The quantitative estimate of drug-likeness (QED) is 0.192. The van der Waals surface area contributed by atoms with Gasteiger partial charge in [-0.3, -0.25) is 0 Å². The minimum Gasteiger partial charge on any atom is -0.489 e. The van der Waals surface area contributed by atoms with E-state index in [1.54, 1.807) is 18.3 Å². The standard InChI is InChI=1S/C21H21Cl4NO3/c1-2-3-9-29-26-13-15-4-6-16(7-5-15)14-28-21-18(22)11-17(12-19(21)23)27-10-8-20(24)25/h4-8,11-13H,2-3,9-10,14H2,1H3. The molecule has 0 saturated heterocycles. The molecule has 0 aliphatic heterocycles. The lowest BCUT2D eigenvalue weighted by Gasteiger charge is -2.12. The highest BCUT2D eigenvalue weighted by atomic mass is 35.5. The summed E-state index contributed by atoms with van der Waals surface area (Å²) >= 11 is 23.6. The highest BCUT2D eigenvalue weighted by Crippen LogP contribution is 2.37. The highest BCUT2D eigenvalue weighted by Gasteiger charge is 2.11. The highest BCUT2D eigenvalue weighted by molar-refractivity contribution is 6.55. The van der Waals surface area contributed by atoms with Crippen LogP contribution < -0.4 is 9.47 Å². The maximum atomic E-state index is 6.27. The van der Waals surface area contributed by atoms with E-state index in [9.17, 15) is 0 Å². The third-order valence-corrected chi connectivity index (χ3v) is 4.56. The van der Waals surface area contributed by atoms with Crippen LogP contribution in [0.3, 0.4) is 0 Å². The summed E-state index contributed by atoms with van der Waals surface area (Å²) in [6.07, 6.45) is 5.26. The lowest BCUT2D eigenvalue weighted by Crippen LogP contribution is -1.99. The second-order valence-electron chi connectivity index (χ2n) is 5.97. The Morgan fingerprint density at radius 2 is 1.72 bits per heavy atom. The van der Waals surface area contributed by atoms with Gasteiger partial charge in [-0.2, -0.15) is 0 Å². The summed E-state index contributed by atoms with van der Waals surface area (Å²) in [4.78, 5) is 5.17. The van der Waals surface area contributed by atoms with Crippen LogP contribution in [0.2, 0.25) is 10.0 Å². The minimum atomic E-state index is 0.128. The number of rotatable bonds is 11. The molecule has 0 spiro atoms. The maximum Gasteiger partial charge on any atom is 0.157 e. The monoisotopic (exact) mass is 475 g/mol. The second kappa shape index (κ2) is 12.9. The zero-order valence-corrected chi connectivity index (χ0v) is 18.9. The van der Waals surface area contributed by atoms with E-state index in [0.29, 0.717) is 34.8 Å². The summed E-state index contributed by atoms with van der Waals surface area (Å²) in [6, 6.07) is 11.0. The molecule has 0 unspecified atom stereocenters. The van der Waals surface area contributed by atoms with E-state index < -0.39 is 0 Å². The molecule has 0 saturated carbocycles. The van der Waals surface area contributed by atoms with Gasteiger partial charge in [-0.15, -0.1) is 0 Å². The summed E-state index contributed by atoms with van der Waals surface area (Å²) < 4.78 is 11.4. The molecular weight excluding hydrogens is 456 g/mol. The zero-order valence-electron chi connectivity index (χ0n) is 15.8. The average Bonchev–Trinajstić information content (AvgIpc) is 2.68. The third kappa shape index (κ3) is 8.75. The fourth-order valence-electron chi connectivity index (χ4n) is 2.17. The maximum absolute atomic E-state index is 6.27. The predicted octanol–water partition coefficient (Wildman–Crippen LogP) is 7.42. The molecule has 2 aromatic carbocycles. The SMILES string of the molecule is CCCCON=Cc1ccc(COc2c(Cl)cc(OCC=C(Cl)Cl)cc2Cl)cc1. The predicted molar refractivity (Wildman–Crippen MR) is 121 cm³/mol. The molecule has 0 fully saturated rings. The molecule has 156 valence electrons. The van der Waals surface area contributed by atoms with E-state index in [-0.39, 0.29) is 11.1 Å². The Morgan fingerprint density at radius 3 is 2.34 bits per heavy atom. The van der Waals surface area contributed by atoms with Gasteiger partial charge in [-0.25, -0.2) is 0 Å². The molecule has 29 heavy (non-hydrogen) atoms. The van der Waals surface area contributed by atoms with Crippen molar-refractivity contribution in [3.63, 3.8) is 0 Å². The molecule has 0 atom stereocenters. The van der Waals surface area contributed by atoms with Crippen LogP contribution >= 0.6 is 46.4 Å². The summed E-state index contributed by atoms with van der Waals surface area (Å²) in [6.45, 7) is 3.25. The fourth-order valence-corrected chi connectivity index (χ4v) is 2.88. The molecule has 0 aliphatic carbocycles. The van der Waals surface area contributed by atoms with Crippen molar-refractivity contribution in [2.24, 2.45) is 5.16 Å². The van der Waals surface area contributed by atoms with Crippen LogP contribution in [-0.4, -0.2) is 19.4 Å². The van der Waals surface area contributed by atoms with Crippen LogP contribution in [0.4, 0.5) is 0 Å². The number of unbranched alkanes of at least 4 members (excludes halogenated alkanes) is 1. The number of hydrogen-bond donors (Lipinski definition) is 0. The van der Waals surface area contributed by atoms with Crippen LogP contribution in [0.25, 0.3) is 0 Å². The van der Waals surface area contributed by atoms with Crippen LogP contribution in [0, 0.1) is 0 Å². The van der Waals surface area contributed by atoms with Crippen molar-refractivity contribution in [3.8, 4) is 11.5 Å². The van der Waals surface area contributed by atoms with Gasteiger partial charge in [0.2, 0.25) is 0 Å². The molecule has 0 heterocycles. The largest absolute Gasteiger partial charge is 0.489 e. The average molecular weight is 477 g/mol. The Hall–Kier alpha value is -1.59. The Morgan fingerprint density at radius 1 is 1.03 bits per heavy atom. The van der Waals surface area contributed by atoms with Crippen molar-refractivity contribution in [2.75, 3.05) is 13.2 Å². The van der Waals surface area contributed by atoms with Crippen molar-refractivity contribution >= 4 is 52.6 Å². The van der Waals surface area contributed by atoms with Crippen molar-refractivity contribution in [1.82, 2.24) is 0 Å². The lowest BCUT2D eigenvalue weighted by molar-refractivity contribution is 0.143. The molecular formula is C21H21Cl4NO3. The van der Waals surface area contributed by atoms with E-state index in [1.165, 1.54) is 6.08 Å². The van der Waals surface area contributed by atoms with Gasteiger partial charge in [-0.1, -0.05) is 89.2 Å². The molecule has 0 amide bonds. The summed E-state index contributed by atoms with van der Waals surface area (Å²) in [5.74, 6) is 0.879. The van der Waals surface area contributed by atoms with Gasteiger partial charge in [0.05, 0.1) is 16.3 Å². The molecule has 0 aromatic heterocycles. The minimum absolute atomic E-state index is 0.128. The smallest absolute Gasteiger partial charge is 0.157 e. The Bertz CT molecular complexity index is 811. The van der Waals surface area contributed by atoms with Crippen LogP contribution in [-0.2, 0) is 11.4 Å². The van der Waals surface area contributed by atoms with Gasteiger partial charge in [0.15, 0.2) is 5.75 Å². The Labute approximate surface area is 190 Å². The van der Waals surface area contributed by atoms with Gasteiger partial charge in [-0.05, 0) is 23.6 Å². The van der Waals surface area contributed by atoms with Crippen molar-refractivity contribution < 1.29 is 14.3 Å². The molecule has 0 radical (unpaired) electrons. The fraction of sp³-hybridized carbons (Fsp3) is 0.286. The number of ether oxygens (including phenoxy) is 2. The van der Waals surface area contributed by atoms with E-state index in [0.717, 1.165) is 24.0 Å². The first-order chi connectivity index (χ1) is 14.0. The Balaban J connectivity index is 1.91. The van der Waals surface area contributed by atoms with Crippen LogP contribution in [0.1, 0.15) is 30.9 Å². The first-order valence-electron chi connectivity index (χ1n) is 8.99. The number of halogens is 4. The van der Waals surface area contributed by atoms with E-state index >= 15 is 0 Å². The Kier molecular flexibility index (Phi) is 10.5. The van der Waals surface area contributed by atoms with Crippen molar-refractivity contribution in [3.05, 3.63) is 68.1 Å². The van der Waals surface area contributed by atoms with Gasteiger partial charge in [0.25, 0.3) is 0 Å². The number of oxime groups is 1. The van der Waals surface area contributed by atoms with E-state index in [2.05, 4.69) is 12.1 Å². The zero-order chi connectivity index (χ0) is 21.1. The second-order valence-corrected chi connectivity index (χ2v) is 7.79. The molecule has 2 aromatic rings.